The molecule has 0 bridgehead atoms. The maximum atomic E-state index is 11.8. The summed E-state index contributed by atoms with van der Waals surface area (Å²) in [5, 5.41) is 10.8. The van der Waals surface area contributed by atoms with Gasteiger partial charge in [0.1, 0.15) is 0 Å². The van der Waals surface area contributed by atoms with E-state index < -0.39 is 10.0 Å². The summed E-state index contributed by atoms with van der Waals surface area (Å²) in [6.07, 6.45) is 0.937. The normalized spacial score (nSPS) is 11.4. The van der Waals surface area contributed by atoms with Crippen LogP contribution >= 0.6 is 0 Å². The van der Waals surface area contributed by atoms with Crippen LogP contribution in [0.25, 0.3) is 0 Å². The van der Waals surface area contributed by atoms with Crippen molar-refractivity contribution in [1.29, 1.82) is 0 Å². The lowest BCUT2D eigenvalue weighted by molar-refractivity contribution is -0.115. The number of primary sulfonamides is 1. The Hall–Kier alpha value is -1.44. The molecule has 0 aliphatic heterocycles. The lowest BCUT2D eigenvalue weighted by Gasteiger charge is -2.13. The van der Waals surface area contributed by atoms with Gasteiger partial charge in [0.15, 0.2) is 0 Å². The molecular weight excluding hydrogens is 278 g/mol. The van der Waals surface area contributed by atoms with Crippen LogP contribution in [0.2, 0.25) is 0 Å². The Labute approximate surface area is 119 Å². The van der Waals surface area contributed by atoms with Gasteiger partial charge in [-0.1, -0.05) is 6.92 Å². The summed E-state index contributed by atoms with van der Waals surface area (Å²) in [6.45, 7) is 6.54. The SMILES string of the molecule is CCCNCC(=O)Nc1cc(S(N)(=O)=O)cc(C)c1C. The molecule has 0 aliphatic carbocycles. The van der Waals surface area contributed by atoms with Gasteiger partial charge in [-0.3, -0.25) is 4.79 Å². The van der Waals surface area contributed by atoms with Crippen molar-refractivity contribution >= 4 is 21.6 Å². The Bertz CT molecular complexity index is 597. The molecule has 1 rings (SSSR count). The van der Waals surface area contributed by atoms with Crippen molar-refractivity contribution in [2.75, 3.05) is 18.4 Å². The number of amides is 1. The predicted octanol–water partition coefficient (Wildman–Crippen LogP) is 0.889. The van der Waals surface area contributed by atoms with Crippen LogP contribution in [-0.2, 0) is 14.8 Å². The van der Waals surface area contributed by atoms with E-state index in [9.17, 15) is 13.2 Å². The van der Waals surface area contributed by atoms with Gasteiger partial charge in [-0.2, -0.15) is 0 Å². The molecule has 1 aromatic carbocycles. The van der Waals surface area contributed by atoms with Crippen LogP contribution in [0.15, 0.2) is 17.0 Å². The van der Waals surface area contributed by atoms with Gasteiger partial charge in [-0.05, 0) is 50.1 Å². The first-order valence-corrected chi connectivity index (χ1v) is 7.95. The fraction of sp³-hybridized carbons (Fsp3) is 0.462. The summed E-state index contributed by atoms with van der Waals surface area (Å²) >= 11 is 0. The Morgan fingerprint density at radius 1 is 1.30 bits per heavy atom. The standard InChI is InChI=1S/C13H21N3O3S/c1-4-5-15-8-13(17)16-12-7-11(20(14,18)19)6-9(2)10(12)3/h6-7,15H,4-5,8H2,1-3H3,(H,16,17)(H2,14,18,19). The number of nitrogens with one attached hydrogen (secondary N) is 2. The highest BCUT2D eigenvalue weighted by atomic mass is 32.2. The molecule has 0 unspecified atom stereocenters. The molecule has 1 aromatic rings. The number of benzene rings is 1. The molecule has 4 N–H and O–H groups in total. The molecule has 0 aliphatic rings. The zero-order chi connectivity index (χ0) is 15.3. The first-order chi connectivity index (χ1) is 9.25. The summed E-state index contributed by atoms with van der Waals surface area (Å²) < 4.78 is 22.8. The number of carbonyl (C=O) groups is 1. The van der Waals surface area contributed by atoms with E-state index in [1.54, 1.807) is 6.92 Å². The molecule has 0 saturated heterocycles. The third-order valence-corrected chi connectivity index (χ3v) is 3.85. The minimum atomic E-state index is -3.79. The molecule has 0 atom stereocenters. The average Bonchev–Trinajstić information content (AvgIpc) is 2.33. The number of anilines is 1. The third-order valence-electron chi connectivity index (χ3n) is 2.96. The molecule has 7 heteroatoms. The van der Waals surface area contributed by atoms with Gasteiger partial charge in [0.05, 0.1) is 11.4 Å². The van der Waals surface area contributed by atoms with E-state index in [2.05, 4.69) is 10.6 Å². The maximum absolute atomic E-state index is 11.8. The predicted molar refractivity (Wildman–Crippen MR) is 79.1 cm³/mol. The highest BCUT2D eigenvalue weighted by Crippen LogP contribution is 2.23. The van der Waals surface area contributed by atoms with Crippen LogP contribution in [-0.4, -0.2) is 27.4 Å². The van der Waals surface area contributed by atoms with E-state index in [4.69, 9.17) is 5.14 Å². The van der Waals surface area contributed by atoms with Crippen molar-refractivity contribution in [3.05, 3.63) is 23.3 Å². The van der Waals surface area contributed by atoms with Crippen molar-refractivity contribution in [2.45, 2.75) is 32.1 Å². The first-order valence-electron chi connectivity index (χ1n) is 6.40. The minimum Gasteiger partial charge on any atom is -0.325 e. The summed E-state index contributed by atoms with van der Waals surface area (Å²) in [7, 11) is -3.79. The molecule has 1 amide bonds. The smallest absolute Gasteiger partial charge is 0.238 e. The number of hydrogen-bond donors (Lipinski definition) is 3. The molecule has 6 nitrogen and oxygen atoms in total. The second-order valence-corrected chi connectivity index (χ2v) is 6.24. The van der Waals surface area contributed by atoms with Crippen LogP contribution in [0.5, 0.6) is 0 Å². The van der Waals surface area contributed by atoms with Crippen LogP contribution in [0.3, 0.4) is 0 Å². The Morgan fingerprint density at radius 2 is 1.95 bits per heavy atom. The molecule has 20 heavy (non-hydrogen) atoms. The van der Waals surface area contributed by atoms with Gasteiger partial charge < -0.3 is 10.6 Å². The monoisotopic (exact) mass is 299 g/mol. The highest BCUT2D eigenvalue weighted by Gasteiger charge is 2.14. The second kappa shape index (κ2) is 6.83. The second-order valence-electron chi connectivity index (χ2n) is 4.68. The molecule has 0 aromatic heterocycles. The van der Waals surface area contributed by atoms with Gasteiger partial charge in [-0.15, -0.1) is 0 Å². The molecule has 0 radical (unpaired) electrons. The topological polar surface area (TPSA) is 101 Å². The molecule has 0 heterocycles. The fourth-order valence-electron chi connectivity index (χ4n) is 1.69. The van der Waals surface area contributed by atoms with E-state index in [1.165, 1.54) is 12.1 Å². The van der Waals surface area contributed by atoms with E-state index >= 15 is 0 Å². The first kappa shape index (κ1) is 16.6. The maximum Gasteiger partial charge on any atom is 0.238 e. The Kier molecular flexibility index (Phi) is 5.67. The zero-order valence-electron chi connectivity index (χ0n) is 12.0. The van der Waals surface area contributed by atoms with Crippen LogP contribution in [0.4, 0.5) is 5.69 Å². The van der Waals surface area contributed by atoms with Gasteiger partial charge >= 0.3 is 0 Å². The Balaban J connectivity index is 2.95. The van der Waals surface area contributed by atoms with E-state index in [1.807, 2.05) is 13.8 Å². The van der Waals surface area contributed by atoms with Crippen molar-refractivity contribution < 1.29 is 13.2 Å². The Morgan fingerprint density at radius 3 is 2.50 bits per heavy atom. The van der Waals surface area contributed by atoms with Gasteiger partial charge in [0.2, 0.25) is 15.9 Å². The number of aryl methyl sites for hydroxylation is 1. The lowest BCUT2D eigenvalue weighted by Crippen LogP contribution is -2.29. The zero-order valence-corrected chi connectivity index (χ0v) is 12.8. The van der Waals surface area contributed by atoms with Crippen molar-refractivity contribution in [2.24, 2.45) is 5.14 Å². The molecule has 0 fully saturated rings. The summed E-state index contributed by atoms with van der Waals surface area (Å²) in [5.74, 6) is -0.215. The average molecular weight is 299 g/mol. The van der Waals surface area contributed by atoms with E-state index in [0.29, 0.717) is 5.69 Å². The largest absolute Gasteiger partial charge is 0.325 e. The van der Waals surface area contributed by atoms with E-state index in [-0.39, 0.29) is 17.3 Å². The van der Waals surface area contributed by atoms with Gasteiger partial charge in [0, 0.05) is 5.69 Å². The fourth-order valence-corrected chi connectivity index (χ4v) is 2.32. The summed E-state index contributed by atoms with van der Waals surface area (Å²) in [4.78, 5) is 11.8. The van der Waals surface area contributed by atoms with E-state index in [0.717, 1.165) is 24.1 Å². The van der Waals surface area contributed by atoms with Crippen molar-refractivity contribution in [1.82, 2.24) is 5.32 Å². The molecule has 112 valence electrons. The summed E-state index contributed by atoms with van der Waals surface area (Å²) in [6, 6.07) is 2.88. The number of nitrogens with two attached hydrogens (primary N) is 1. The molecular formula is C13H21N3O3S. The van der Waals surface area contributed by atoms with Gasteiger partial charge in [0.25, 0.3) is 0 Å². The number of hydrogen-bond acceptors (Lipinski definition) is 4. The number of carbonyl (C=O) groups excluding carboxylic acids is 1. The van der Waals surface area contributed by atoms with Crippen LogP contribution in [0.1, 0.15) is 24.5 Å². The quantitative estimate of drug-likeness (QED) is 0.679. The molecule has 0 spiro atoms. The van der Waals surface area contributed by atoms with Crippen molar-refractivity contribution in [3.8, 4) is 0 Å². The van der Waals surface area contributed by atoms with Crippen molar-refractivity contribution in [3.63, 3.8) is 0 Å². The van der Waals surface area contributed by atoms with Crippen LogP contribution < -0.4 is 15.8 Å². The summed E-state index contributed by atoms with van der Waals surface area (Å²) in [5.41, 5.74) is 2.05. The van der Waals surface area contributed by atoms with Crippen LogP contribution in [0, 0.1) is 13.8 Å². The van der Waals surface area contributed by atoms with Gasteiger partial charge in [-0.25, -0.2) is 13.6 Å². The minimum absolute atomic E-state index is 0.00239. The number of rotatable bonds is 6. The molecule has 0 saturated carbocycles. The number of sulfonamides is 1. The highest BCUT2D eigenvalue weighted by molar-refractivity contribution is 7.89. The lowest BCUT2D eigenvalue weighted by atomic mass is 10.1. The third kappa shape index (κ3) is 4.59.